The fourth-order valence-electron chi connectivity index (χ4n) is 1.30. The maximum Gasteiger partial charge on any atom is 0.423 e. The van der Waals surface area contributed by atoms with Crippen LogP contribution in [-0.2, 0) is 6.18 Å². The Bertz CT molecular complexity index is 477. The third-order valence-corrected chi connectivity index (χ3v) is 2.01. The molecule has 0 fully saturated rings. The van der Waals surface area contributed by atoms with Gasteiger partial charge in [-0.1, -0.05) is 6.07 Å². The molecule has 1 rings (SSSR count). The van der Waals surface area contributed by atoms with Crippen LogP contribution in [0.1, 0.15) is 15.9 Å². The summed E-state index contributed by atoms with van der Waals surface area (Å²) in [5, 5.41) is 10.6. The number of carbonyl (C=O) groups excluding carboxylic acids is 1. The minimum Gasteiger partial charge on any atom is -0.324 e. The molecule has 0 aliphatic carbocycles. The van der Waals surface area contributed by atoms with Gasteiger partial charge in [0.05, 0.1) is 17.0 Å². The molecule has 1 aromatic rings. The summed E-state index contributed by atoms with van der Waals surface area (Å²) in [5.41, 5.74) is 1.64. The number of Topliss-reactive ketones (excluding diaryl/α,β-unsaturated/α-hetero) is 1. The van der Waals surface area contributed by atoms with E-state index in [1.54, 1.807) is 0 Å². The quantitative estimate of drug-likeness (QED) is 0.523. The Morgan fingerprint density at radius 1 is 1.39 bits per heavy atom. The summed E-state index contributed by atoms with van der Waals surface area (Å²) in [4.78, 5) is 20.6. The van der Waals surface area contributed by atoms with Crippen LogP contribution in [0.2, 0.25) is 0 Å². The summed E-state index contributed by atoms with van der Waals surface area (Å²) >= 11 is 0. The van der Waals surface area contributed by atoms with E-state index in [-0.39, 0.29) is 12.4 Å². The number of nitro groups is 1. The lowest BCUT2D eigenvalue weighted by Crippen LogP contribution is -2.18. The van der Waals surface area contributed by atoms with E-state index in [0.717, 1.165) is 12.1 Å². The number of carbonyl (C=O) groups is 1. The van der Waals surface area contributed by atoms with Gasteiger partial charge in [-0.15, -0.1) is 12.4 Å². The van der Waals surface area contributed by atoms with Gasteiger partial charge < -0.3 is 5.73 Å². The smallest absolute Gasteiger partial charge is 0.324 e. The van der Waals surface area contributed by atoms with Gasteiger partial charge in [-0.2, -0.15) is 13.2 Å². The lowest BCUT2D eigenvalue weighted by atomic mass is 10.0. The average molecular weight is 285 g/mol. The van der Waals surface area contributed by atoms with Crippen molar-refractivity contribution in [1.29, 1.82) is 0 Å². The zero-order valence-corrected chi connectivity index (χ0v) is 9.55. The highest BCUT2D eigenvalue weighted by Gasteiger charge is 2.40. The van der Waals surface area contributed by atoms with E-state index in [1.165, 1.54) is 0 Å². The van der Waals surface area contributed by atoms with Crippen LogP contribution in [-0.4, -0.2) is 17.3 Å². The zero-order valence-electron chi connectivity index (χ0n) is 8.73. The van der Waals surface area contributed by atoms with Gasteiger partial charge in [-0.25, -0.2) is 0 Å². The molecule has 18 heavy (non-hydrogen) atoms. The first-order valence-electron chi connectivity index (χ1n) is 4.37. The lowest BCUT2D eigenvalue weighted by molar-refractivity contribution is -0.388. The van der Waals surface area contributed by atoms with E-state index >= 15 is 0 Å². The van der Waals surface area contributed by atoms with E-state index in [1.807, 2.05) is 0 Å². The molecule has 0 amide bonds. The van der Waals surface area contributed by atoms with Crippen LogP contribution >= 0.6 is 12.4 Å². The number of rotatable bonds is 3. The number of ketones is 1. The number of alkyl halides is 3. The maximum atomic E-state index is 12.5. The Balaban J connectivity index is 0.00000289. The predicted molar refractivity (Wildman–Crippen MR) is 58.7 cm³/mol. The second-order valence-electron chi connectivity index (χ2n) is 3.08. The van der Waals surface area contributed by atoms with Gasteiger partial charge in [0.2, 0.25) is 0 Å². The fraction of sp³-hybridized carbons (Fsp3) is 0.222. The van der Waals surface area contributed by atoms with Crippen molar-refractivity contribution in [2.24, 2.45) is 5.73 Å². The van der Waals surface area contributed by atoms with Crippen molar-refractivity contribution in [3.8, 4) is 0 Å². The third-order valence-electron chi connectivity index (χ3n) is 2.01. The minimum atomic E-state index is -4.90. The van der Waals surface area contributed by atoms with Gasteiger partial charge >= 0.3 is 6.18 Å². The van der Waals surface area contributed by atoms with Crippen molar-refractivity contribution in [2.75, 3.05) is 6.54 Å². The summed E-state index contributed by atoms with van der Waals surface area (Å²) in [7, 11) is 0. The number of para-hydroxylation sites is 1. The van der Waals surface area contributed by atoms with Gasteiger partial charge in [0.1, 0.15) is 5.56 Å². The summed E-state index contributed by atoms with van der Waals surface area (Å²) in [5.74, 6) is -0.914. The van der Waals surface area contributed by atoms with Crippen LogP contribution in [0, 0.1) is 10.1 Å². The van der Waals surface area contributed by atoms with Crippen LogP contribution in [0.3, 0.4) is 0 Å². The molecule has 0 unspecified atom stereocenters. The highest BCUT2D eigenvalue weighted by Crippen LogP contribution is 2.37. The molecular formula is C9H8ClF3N2O3. The first kappa shape index (κ1) is 16.3. The van der Waals surface area contributed by atoms with Gasteiger partial charge in [0.25, 0.3) is 5.69 Å². The molecule has 1 aromatic carbocycles. The predicted octanol–water partition coefficient (Wildman–Crippen LogP) is 2.18. The third kappa shape index (κ3) is 3.17. The summed E-state index contributed by atoms with van der Waals surface area (Å²) in [6.45, 7) is -0.595. The fourth-order valence-corrected chi connectivity index (χ4v) is 1.30. The molecule has 0 heterocycles. The molecule has 9 heteroatoms. The standard InChI is InChI=1S/C9H7F3N2O3.ClH/c10-9(11,12)6-3-1-2-5(7(15)4-13)8(6)14(16)17;/h1-3H,4,13H2;1H. The SMILES string of the molecule is Cl.NCC(=O)c1cccc(C(F)(F)F)c1[N+](=O)[O-]. The Kier molecular flexibility index (Phi) is 5.25. The number of nitrogens with zero attached hydrogens (tertiary/aromatic N) is 1. The summed E-state index contributed by atoms with van der Waals surface area (Å²) in [6, 6.07) is 2.42. The first-order valence-corrected chi connectivity index (χ1v) is 4.37. The van der Waals surface area contributed by atoms with E-state index in [2.05, 4.69) is 0 Å². The van der Waals surface area contributed by atoms with Crippen LogP contribution in [0.4, 0.5) is 18.9 Å². The number of nitro benzene ring substituents is 1. The molecule has 0 saturated heterocycles. The van der Waals surface area contributed by atoms with Gasteiger partial charge in [0, 0.05) is 0 Å². The summed E-state index contributed by atoms with van der Waals surface area (Å²) in [6.07, 6.45) is -4.90. The number of nitrogens with two attached hydrogens (primary N) is 1. The van der Waals surface area contributed by atoms with Crippen molar-refractivity contribution in [3.05, 3.63) is 39.4 Å². The topological polar surface area (TPSA) is 86.2 Å². The van der Waals surface area contributed by atoms with Crippen molar-refractivity contribution >= 4 is 23.9 Å². The monoisotopic (exact) mass is 284 g/mol. The van der Waals surface area contributed by atoms with E-state index in [4.69, 9.17) is 5.73 Å². The van der Waals surface area contributed by atoms with Crippen molar-refractivity contribution in [2.45, 2.75) is 6.18 Å². The van der Waals surface area contributed by atoms with Crippen LogP contribution in [0.25, 0.3) is 0 Å². The molecule has 0 aliphatic rings. The molecule has 100 valence electrons. The molecule has 2 N–H and O–H groups in total. The van der Waals surface area contributed by atoms with E-state index < -0.39 is 40.2 Å². The van der Waals surface area contributed by atoms with Gasteiger partial charge in [-0.3, -0.25) is 14.9 Å². The molecular weight excluding hydrogens is 277 g/mol. The van der Waals surface area contributed by atoms with Crippen molar-refractivity contribution in [3.63, 3.8) is 0 Å². The van der Waals surface area contributed by atoms with Crippen molar-refractivity contribution < 1.29 is 22.9 Å². The van der Waals surface area contributed by atoms with Gasteiger partial charge in [-0.05, 0) is 12.1 Å². The van der Waals surface area contributed by atoms with Crippen LogP contribution < -0.4 is 5.73 Å². The van der Waals surface area contributed by atoms with Crippen LogP contribution in [0.5, 0.6) is 0 Å². The second kappa shape index (κ2) is 5.78. The second-order valence-corrected chi connectivity index (χ2v) is 3.08. The summed E-state index contributed by atoms with van der Waals surface area (Å²) < 4.78 is 37.5. The number of hydrogen-bond acceptors (Lipinski definition) is 4. The molecule has 0 bridgehead atoms. The largest absolute Gasteiger partial charge is 0.423 e. The average Bonchev–Trinajstić information content (AvgIpc) is 2.25. The lowest BCUT2D eigenvalue weighted by Gasteiger charge is -2.09. The Labute approximate surface area is 105 Å². The number of hydrogen-bond donors (Lipinski definition) is 1. The molecule has 0 saturated carbocycles. The molecule has 0 spiro atoms. The zero-order chi connectivity index (χ0) is 13.2. The minimum absolute atomic E-state index is 0. The van der Waals surface area contributed by atoms with Crippen LogP contribution in [0.15, 0.2) is 18.2 Å². The maximum absolute atomic E-state index is 12.5. The molecule has 0 aliphatic heterocycles. The Morgan fingerprint density at radius 3 is 2.33 bits per heavy atom. The molecule has 5 nitrogen and oxygen atoms in total. The molecule has 0 aromatic heterocycles. The first-order chi connectivity index (χ1) is 7.79. The Morgan fingerprint density at radius 2 is 1.94 bits per heavy atom. The molecule has 0 atom stereocenters. The number of benzene rings is 1. The van der Waals surface area contributed by atoms with E-state index in [0.29, 0.717) is 6.07 Å². The highest BCUT2D eigenvalue weighted by atomic mass is 35.5. The highest BCUT2D eigenvalue weighted by molar-refractivity contribution is 6.01. The molecule has 0 radical (unpaired) electrons. The normalized spacial score (nSPS) is 10.7. The van der Waals surface area contributed by atoms with Gasteiger partial charge in [0.15, 0.2) is 5.78 Å². The van der Waals surface area contributed by atoms with Crippen molar-refractivity contribution in [1.82, 2.24) is 0 Å². The van der Waals surface area contributed by atoms with E-state index in [9.17, 15) is 28.1 Å². The number of halogens is 4. The Hall–Kier alpha value is -1.67.